The third-order valence-corrected chi connectivity index (χ3v) is 6.33. The molecule has 1 aromatic heterocycles. The average Bonchev–Trinajstić information content (AvgIpc) is 2.96. The maximum absolute atomic E-state index is 13.0. The summed E-state index contributed by atoms with van der Waals surface area (Å²) >= 11 is 0. The number of anilines is 1. The molecule has 1 fully saturated rings. The number of hydrogen-bond acceptors (Lipinski definition) is 7. The molecule has 37 heavy (non-hydrogen) atoms. The molecule has 0 N–H and O–H groups in total. The van der Waals surface area contributed by atoms with E-state index >= 15 is 0 Å². The van der Waals surface area contributed by atoms with Gasteiger partial charge in [0.1, 0.15) is 12.3 Å². The van der Waals surface area contributed by atoms with E-state index in [4.69, 9.17) is 14.7 Å². The summed E-state index contributed by atoms with van der Waals surface area (Å²) in [6.45, 7) is 3.05. The summed E-state index contributed by atoms with van der Waals surface area (Å²) in [6, 6.07) is 29.2. The monoisotopic (exact) mass is 489 g/mol. The van der Waals surface area contributed by atoms with Crippen molar-refractivity contribution < 1.29 is 9.53 Å². The fourth-order valence-corrected chi connectivity index (χ4v) is 4.31. The van der Waals surface area contributed by atoms with E-state index in [1.807, 2.05) is 72.8 Å². The van der Waals surface area contributed by atoms with E-state index in [0.29, 0.717) is 30.1 Å². The van der Waals surface area contributed by atoms with Crippen LogP contribution in [0.15, 0.2) is 91.1 Å². The largest absolute Gasteiger partial charge is 0.460 e. The fourth-order valence-electron chi connectivity index (χ4n) is 4.31. The van der Waals surface area contributed by atoms with Crippen LogP contribution in [0.2, 0.25) is 0 Å². The topological polar surface area (TPSA) is 82.3 Å². The molecule has 0 unspecified atom stereocenters. The Morgan fingerprint density at radius 3 is 2.19 bits per heavy atom. The van der Waals surface area contributed by atoms with Crippen LogP contribution in [0.5, 0.6) is 0 Å². The van der Waals surface area contributed by atoms with Crippen molar-refractivity contribution in [1.82, 2.24) is 14.9 Å². The quantitative estimate of drug-likeness (QED) is 0.346. The highest BCUT2D eigenvalue weighted by Gasteiger charge is 2.31. The van der Waals surface area contributed by atoms with Crippen molar-refractivity contribution in [2.24, 2.45) is 0 Å². The van der Waals surface area contributed by atoms with Gasteiger partial charge in [-0.3, -0.25) is 4.79 Å². The summed E-state index contributed by atoms with van der Waals surface area (Å²) in [5.74, 6) is -1.23. The lowest BCUT2D eigenvalue weighted by molar-refractivity contribution is -0.145. The molecule has 1 aliphatic heterocycles. The zero-order valence-corrected chi connectivity index (χ0v) is 20.4. The molecule has 0 saturated carbocycles. The van der Waals surface area contributed by atoms with Gasteiger partial charge >= 0.3 is 5.97 Å². The third-order valence-electron chi connectivity index (χ3n) is 6.33. The molecule has 3 aromatic carbocycles. The Kier molecular flexibility index (Phi) is 7.37. The molecule has 5 rings (SSSR count). The molecule has 0 amide bonds. The molecule has 1 aliphatic rings. The highest BCUT2D eigenvalue weighted by atomic mass is 16.5. The van der Waals surface area contributed by atoms with Crippen molar-refractivity contribution >= 4 is 28.9 Å². The number of nitrogens with zero attached hydrogens (tertiary/aromatic N) is 5. The smallest absolute Gasteiger partial charge is 0.330 e. The summed E-state index contributed by atoms with van der Waals surface area (Å²) in [7, 11) is 0. The Balaban J connectivity index is 1.36. The van der Waals surface area contributed by atoms with Crippen molar-refractivity contribution in [3.8, 4) is 6.07 Å². The van der Waals surface area contributed by atoms with Crippen molar-refractivity contribution in [3.05, 3.63) is 108 Å². The van der Waals surface area contributed by atoms with Crippen molar-refractivity contribution in [1.29, 1.82) is 5.26 Å². The lowest BCUT2D eigenvalue weighted by Crippen LogP contribution is -2.45. The summed E-state index contributed by atoms with van der Waals surface area (Å²) in [5.41, 5.74) is 3.71. The molecule has 1 atom stereocenters. The normalized spacial score (nSPS) is 14.5. The first-order valence-corrected chi connectivity index (χ1v) is 12.3. The minimum absolute atomic E-state index is 0.0978. The van der Waals surface area contributed by atoms with Crippen LogP contribution in [0, 0.1) is 11.3 Å². The molecular weight excluding hydrogens is 462 g/mol. The van der Waals surface area contributed by atoms with Gasteiger partial charge in [-0.2, -0.15) is 5.26 Å². The van der Waals surface area contributed by atoms with Gasteiger partial charge in [-0.05, 0) is 35.5 Å². The first-order chi connectivity index (χ1) is 18.2. The van der Waals surface area contributed by atoms with Crippen LogP contribution in [0.1, 0.15) is 22.7 Å². The maximum Gasteiger partial charge on any atom is 0.330 e. The Morgan fingerprint density at radius 1 is 0.892 bits per heavy atom. The second kappa shape index (κ2) is 11.4. The van der Waals surface area contributed by atoms with Gasteiger partial charge in [-0.1, -0.05) is 72.8 Å². The predicted molar refractivity (Wildman–Crippen MR) is 143 cm³/mol. The minimum atomic E-state index is -1.17. The number of aromatic nitrogens is 2. The number of ether oxygens (including phenoxy) is 1. The Bertz CT molecular complexity index is 1430. The van der Waals surface area contributed by atoms with Crippen LogP contribution < -0.4 is 4.90 Å². The zero-order valence-electron chi connectivity index (χ0n) is 20.4. The molecule has 0 aliphatic carbocycles. The van der Waals surface area contributed by atoms with Crippen LogP contribution in [0.4, 0.5) is 5.82 Å². The standard InChI is InChI=1S/C30H27N5O2/c31-21-25(30(36)37-22-24-11-5-2-6-12-24)28-29(33-27-14-8-7-13-26(27)32-28)35-19-17-34(18-20-35)16-15-23-9-3-1-4-10-23/h1-16,25H,17-20,22H2/b16-15+/t25-/m0/s1. The average molecular weight is 490 g/mol. The van der Waals surface area contributed by atoms with Crippen molar-refractivity contribution in [2.75, 3.05) is 31.1 Å². The third kappa shape index (κ3) is 5.76. The van der Waals surface area contributed by atoms with Crippen LogP contribution in [-0.4, -0.2) is 47.0 Å². The van der Waals surface area contributed by atoms with Gasteiger partial charge < -0.3 is 14.5 Å². The lowest BCUT2D eigenvalue weighted by Gasteiger charge is -2.35. The van der Waals surface area contributed by atoms with Crippen molar-refractivity contribution in [3.63, 3.8) is 0 Å². The van der Waals surface area contributed by atoms with E-state index in [0.717, 1.165) is 29.7 Å². The maximum atomic E-state index is 13.0. The number of esters is 1. The Labute approximate surface area is 216 Å². The number of para-hydroxylation sites is 2. The summed E-state index contributed by atoms with van der Waals surface area (Å²) in [4.78, 5) is 27.0. The second-order valence-corrected chi connectivity index (χ2v) is 8.83. The predicted octanol–water partition coefficient (Wildman–Crippen LogP) is 4.77. The van der Waals surface area contributed by atoms with E-state index in [-0.39, 0.29) is 6.61 Å². The van der Waals surface area contributed by atoms with Crippen LogP contribution >= 0.6 is 0 Å². The van der Waals surface area contributed by atoms with Gasteiger partial charge in [0.05, 0.1) is 17.1 Å². The lowest BCUT2D eigenvalue weighted by atomic mass is 10.1. The van der Waals surface area contributed by atoms with Gasteiger partial charge in [0.2, 0.25) is 0 Å². The number of rotatable bonds is 7. The summed E-state index contributed by atoms with van der Waals surface area (Å²) < 4.78 is 5.52. The van der Waals surface area contributed by atoms with E-state index in [1.54, 1.807) is 0 Å². The van der Waals surface area contributed by atoms with Crippen LogP contribution in [0.3, 0.4) is 0 Å². The van der Waals surface area contributed by atoms with Gasteiger partial charge in [-0.25, -0.2) is 9.97 Å². The Morgan fingerprint density at radius 2 is 1.51 bits per heavy atom. The number of carbonyl (C=O) groups is 1. The molecule has 7 heteroatoms. The van der Waals surface area contributed by atoms with Gasteiger partial charge in [0.25, 0.3) is 0 Å². The number of carbonyl (C=O) groups excluding carboxylic acids is 1. The number of nitriles is 1. The van der Waals surface area contributed by atoms with E-state index < -0.39 is 11.9 Å². The van der Waals surface area contributed by atoms with Crippen molar-refractivity contribution in [2.45, 2.75) is 12.5 Å². The Hall–Kier alpha value is -4.70. The van der Waals surface area contributed by atoms with Crippen LogP contribution in [-0.2, 0) is 16.1 Å². The molecule has 4 aromatic rings. The van der Waals surface area contributed by atoms with E-state index in [2.05, 4.69) is 40.3 Å². The molecule has 1 saturated heterocycles. The first-order valence-electron chi connectivity index (χ1n) is 12.3. The molecular formula is C30H27N5O2. The van der Waals surface area contributed by atoms with Gasteiger partial charge in [-0.15, -0.1) is 0 Å². The minimum Gasteiger partial charge on any atom is -0.460 e. The van der Waals surface area contributed by atoms with E-state index in [1.165, 1.54) is 0 Å². The first kappa shape index (κ1) is 24.0. The second-order valence-electron chi connectivity index (χ2n) is 8.83. The van der Waals surface area contributed by atoms with E-state index in [9.17, 15) is 10.1 Å². The number of piperazine rings is 1. The molecule has 0 spiro atoms. The SMILES string of the molecule is N#C[C@H](C(=O)OCc1ccccc1)c1nc2ccccc2nc1N1CCN(/C=C/c2ccccc2)CC1. The van der Waals surface area contributed by atoms with Crippen LogP contribution in [0.25, 0.3) is 17.1 Å². The summed E-state index contributed by atoms with van der Waals surface area (Å²) in [6.07, 6.45) is 4.21. The highest BCUT2D eigenvalue weighted by molar-refractivity contribution is 5.85. The molecule has 7 nitrogen and oxygen atoms in total. The highest BCUT2D eigenvalue weighted by Crippen LogP contribution is 2.29. The molecule has 0 bridgehead atoms. The van der Waals surface area contributed by atoms with Gasteiger partial charge in [0.15, 0.2) is 11.7 Å². The zero-order chi connectivity index (χ0) is 25.5. The number of hydrogen-bond donors (Lipinski definition) is 0. The number of fused-ring (bicyclic) bond motifs is 1. The van der Waals surface area contributed by atoms with Gasteiger partial charge in [0, 0.05) is 26.2 Å². The number of benzene rings is 3. The molecule has 0 radical (unpaired) electrons. The molecule has 2 heterocycles. The molecule has 184 valence electrons. The summed E-state index contributed by atoms with van der Waals surface area (Å²) in [5, 5.41) is 10.0. The fraction of sp³-hybridized carbons (Fsp3) is 0.200.